The summed E-state index contributed by atoms with van der Waals surface area (Å²) < 4.78 is 10.6. The number of ether oxygens (including phenoxy) is 2. The van der Waals surface area contributed by atoms with Gasteiger partial charge in [-0.3, -0.25) is 4.79 Å². The van der Waals surface area contributed by atoms with E-state index >= 15 is 0 Å². The van der Waals surface area contributed by atoms with Crippen LogP contribution in [0.4, 0.5) is 5.69 Å². The topological polar surface area (TPSA) is 77.7 Å². The Morgan fingerprint density at radius 3 is 2.30 bits per heavy atom. The summed E-state index contributed by atoms with van der Waals surface area (Å²) in [6.07, 6.45) is 3.85. The molecule has 0 aliphatic heterocycles. The van der Waals surface area contributed by atoms with Crippen LogP contribution in [0.15, 0.2) is 48.5 Å². The zero-order chi connectivity index (χ0) is 26.5. The first kappa shape index (κ1) is 27.2. The maximum atomic E-state index is 11.8. The summed E-state index contributed by atoms with van der Waals surface area (Å²) in [4.78, 5) is 18.9. The molecule has 2 N–H and O–H groups in total. The van der Waals surface area contributed by atoms with E-state index in [4.69, 9.17) is 43.4 Å². The second-order valence-corrected chi connectivity index (χ2v) is 10.4. The summed E-state index contributed by atoms with van der Waals surface area (Å²) in [5, 5.41) is 1.03. The van der Waals surface area contributed by atoms with Gasteiger partial charge in [-0.1, -0.05) is 59.6 Å². The van der Waals surface area contributed by atoms with Gasteiger partial charge in [-0.05, 0) is 50.8 Å². The fraction of sp³-hybridized carbons (Fsp3) is 0.379. The highest BCUT2D eigenvalue weighted by Crippen LogP contribution is 2.40. The van der Waals surface area contributed by atoms with Gasteiger partial charge in [-0.15, -0.1) is 0 Å². The third kappa shape index (κ3) is 6.20. The minimum absolute atomic E-state index is 0.0454. The van der Waals surface area contributed by atoms with Crippen molar-refractivity contribution in [1.29, 1.82) is 0 Å². The second kappa shape index (κ2) is 12.2. The van der Waals surface area contributed by atoms with Crippen molar-refractivity contribution >= 4 is 34.9 Å². The van der Waals surface area contributed by atoms with Crippen LogP contribution in [0.2, 0.25) is 10.0 Å². The molecule has 0 bridgehead atoms. The van der Waals surface area contributed by atoms with Gasteiger partial charge in [0.15, 0.2) is 0 Å². The number of hydrogen-bond donors (Lipinski definition) is 1. The lowest BCUT2D eigenvalue weighted by Gasteiger charge is -2.30. The van der Waals surface area contributed by atoms with Gasteiger partial charge in [0.05, 0.1) is 41.6 Å². The summed E-state index contributed by atoms with van der Waals surface area (Å²) in [5.74, 6) is 1.10. The number of anilines is 1. The van der Waals surface area contributed by atoms with Crippen LogP contribution in [0.25, 0.3) is 22.4 Å². The number of nitrogens with zero attached hydrogens (tertiary/aromatic N) is 2. The van der Waals surface area contributed by atoms with E-state index in [0.29, 0.717) is 34.1 Å². The van der Waals surface area contributed by atoms with Crippen molar-refractivity contribution in [3.8, 4) is 28.3 Å². The first-order valence-corrected chi connectivity index (χ1v) is 13.2. The van der Waals surface area contributed by atoms with Crippen molar-refractivity contribution in [3.05, 3.63) is 64.1 Å². The number of esters is 1. The number of halogens is 2. The molecule has 0 radical (unpaired) electrons. The van der Waals surface area contributed by atoms with Crippen LogP contribution in [-0.2, 0) is 16.1 Å². The fourth-order valence-electron chi connectivity index (χ4n) is 5.16. The molecule has 196 valence electrons. The second-order valence-electron chi connectivity index (χ2n) is 9.68. The maximum absolute atomic E-state index is 11.8. The zero-order valence-electron chi connectivity index (χ0n) is 21.5. The monoisotopic (exact) mass is 541 g/mol. The largest absolute Gasteiger partial charge is 0.481 e. The molecule has 0 spiro atoms. The molecule has 0 atom stereocenters. The van der Waals surface area contributed by atoms with Crippen molar-refractivity contribution in [3.63, 3.8) is 0 Å². The maximum Gasteiger partial charge on any atom is 0.308 e. The van der Waals surface area contributed by atoms with Crippen molar-refractivity contribution in [2.24, 2.45) is 11.8 Å². The van der Waals surface area contributed by atoms with Crippen LogP contribution < -0.4 is 10.5 Å². The van der Waals surface area contributed by atoms with Crippen molar-refractivity contribution in [2.75, 3.05) is 33.5 Å². The molecule has 0 saturated heterocycles. The Hall–Kier alpha value is -2.80. The Kier molecular flexibility index (Phi) is 8.95. The molecule has 3 aromatic rings. The van der Waals surface area contributed by atoms with Crippen molar-refractivity contribution in [1.82, 2.24) is 9.88 Å². The van der Waals surface area contributed by atoms with E-state index in [9.17, 15) is 4.79 Å². The molecule has 0 unspecified atom stereocenters. The Morgan fingerprint density at radius 1 is 0.973 bits per heavy atom. The molecule has 8 heteroatoms. The number of aromatic nitrogens is 1. The van der Waals surface area contributed by atoms with Gasteiger partial charge < -0.3 is 20.1 Å². The molecule has 2 aromatic carbocycles. The predicted octanol–water partition coefficient (Wildman–Crippen LogP) is 6.72. The molecule has 4 rings (SSSR count). The molecule has 1 aliphatic carbocycles. The molecule has 1 fully saturated rings. The highest BCUT2D eigenvalue weighted by molar-refractivity contribution is 6.39. The van der Waals surface area contributed by atoms with Crippen LogP contribution in [0, 0.1) is 11.8 Å². The number of nitrogen functional groups attached to an aromatic ring is 1. The molecular formula is C29H33Cl2N3O3. The van der Waals surface area contributed by atoms with Gasteiger partial charge in [0, 0.05) is 35.3 Å². The lowest BCUT2D eigenvalue weighted by Crippen LogP contribution is -2.30. The molecular weight excluding hydrogens is 509 g/mol. The molecule has 1 heterocycles. The zero-order valence-corrected chi connectivity index (χ0v) is 23.0. The molecule has 1 saturated carbocycles. The standard InChI is InChI=1S/C29H33Cl2N3O3/c1-34(16-18-10-12-19(13-11-18)29(35)37-3)17-20-14-15-25(33-28(20)36-2)23-8-4-6-21(26(23)30)22-7-5-9-24(32)27(22)31/h4-9,14-15,18-19H,10-13,16-17,32H2,1-3H3. The molecule has 37 heavy (non-hydrogen) atoms. The first-order chi connectivity index (χ1) is 17.8. The summed E-state index contributed by atoms with van der Waals surface area (Å²) in [5.41, 5.74) is 10.6. The summed E-state index contributed by atoms with van der Waals surface area (Å²) in [7, 11) is 5.21. The number of carbonyl (C=O) groups excluding carboxylic acids is 1. The Labute approximate surface area is 228 Å². The van der Waals surface area contributed by atoms with Gasteiger partial charge in [0.25, 0.3) is 0 Å². The van der Waals surface area contributed by atoms with Gasteiger partial charge >= 0.3 is 5.97 Å². The first-order valence-electron chi connectivity index (χ1n) is 12.5. The van der Waals surface area contributed by atoms with Crippen LogP contribution in [-0.4, -0.2) is 43.7 Å². The third-order valence-electron chi connectivity index (χ3n) is 7.12. The minimum Gasteiger partial charge on any atom is -0.481 e. The average molecular weight is 543 g/mol. The van der Waals surface area contributed by atoms with Crippen LogP contribution in [0.3, 0.4) is 0 Å². The predicted molar refractivity (Wildman–Crippen MR) is 150 cm³/mol. The number of pyridine rings is 1. The van der Waals surface area contributed by atoms with Crippen LogP contribution in [0.1, 0.15) is 31.2 Å². The quantitative estimate of drug-likeness (QED) is 0.251. The number of methoxy groups -OCH3 is 2. The molecule has 0 amide bonds. The number of nitrogens with two attached hydrogens (primary N) is 1. The van der Waals surface area contributed by atoms with Gasteiger partial charge in [0.1, 0.15) is 0 Å². The van der Waals surface area contributed by atoms with E-state index in [1.165, 1.54) is 7.11 Å². The number of rotatable bonds is 8. The SMILES string of the molecule is COC(=O)C1CCC(CN(C)Cc2ccc(-c3cccc(-c4cccc(N)c4Cl)c3Cl)nc2OC)CC1. The van der Waals surface area contributed by atoms with E-state index in [0.717, 1.165) is 60.2 Å². The van der Waals surface area contributed by atoms with E-state index in [1.54, 1.807) is 13.2 Å². The average Bonchev–Trinajstić information content (AvgIpc) is 2.91. The summed E-state index contributed by atoms with van der Waals surface area (Å²) >= 11 is 13.3. The van der Waals surface area contributed by atoms with Crippen molar-refractivity contribution < 1.29 is 14.3 Å². The third-order valence-corrected chi connectivity index (χ3v) is 7.95. The minimum atomic E-state index is -0.0793. The highest BCUT2D eigenvalue weighted by atomic mass is 35.5. The lowest BCUT2D eigenvalue weighted by atomic mass is 9.82. The van der Waals surface area contributed by atoms with Gasteiger partial charge in [0.2, 0.25) is 5.88 Å². The normalized spacial score (nSPS) is 17.6. The van der Waals surface area contributed by atoms with E-state index in [1.807, 2.05) is 42.5 Å². The van der Waals surface area contributed by atoms with Crippen LogP contribution in [0.5, 0.6) is 5.88 Å². The smallest absolute Gasteiger partial charge is 0.308 e. The molecule has 1 aliphatic rings. The lowest BCUT2D eigenvalue weighted by molar-refractivity contribution is -0.146. The van der Waals surface area contributed by atoms with Crippen molar-refractivity contribution in [2.45, 2.75) is 32.2 Å². The van der Waals surface area contributed by atoms with E-state index < -0.39 is 0 Å². The Bertz CT molecular complexity index is 1260. The highest BCUT2D eigenvalue weighted by Gasteiger charge is 2.27. The fourth-order valence-corrected chi connectivity index (χ4v) is 5.71. The molecule has 1 aromatic heterocycles. The van der Waals surface area contributed by atoms with Gasteiger partial charge in [-0.2, -0.15) is 0 Å². The van der Waals surface area contributed by atoms with E-state index in [2.05, 4.69) is 11.9 Å². The van der Waals surface area contributed by atoms with E-state index in [-0.39, 0.29) is 11.9 Å². The van der Waals surface area contributed by atoms with Crippen LogP contribution >= 0.6 is 23.2 Å². The summed E-state index contributed by atoms with van der Waals surface area (Å²) in [6, 6.07) is 15.3. The number of benzene rings is 2. The Morgan fingerprint density at radius 2 is 1.62 bits per heavy atom. The Balaban J connectivity index is 1.49. The number of carbonyl (C=O) groups is 1. The van der Waals surface area contributed by atoms with Gasteiger partial charge in [-0.25, -0.2) is 4.98 Å². The summed E-state index contributed by atoms with van der Waals surface area (Å²) in [6.45, 7) is 1.66. The molecule has 6 nitrogen and oxygen atoms in total. The number of hydrogen-bond acceptors (Lipinski definition) is 6.